The number of aromatic nitrogens is 2. The van der Waals surface area contributed by atoms with Crippen LogP contribution in [0.4, 0.5) is 8.78 Å². The van der Waals surface area contributed by atoms with Gasteiger partial charge in [-0.25, -0.2) is 8.78 Å². The lowest BCUT2D eigenvalue weighted by Gasteiger charge is -2.15. The number of carboxylic acids is 1. The number of benzene rings is 3. The molecule has 0 spiro atoms. The second kappa shape index (κ2) is 8.61. The number of hydrogen-bond donors (Lipinski definition) is 2. The van der Waals surface area contributed by atoms with E-state index in [0.29, 0.717) is 31.6 Å². The molecular formula is C29H24F2N2O5. The Balaban J connectivity index is 1.14. The van der Waals surface area contributed by atoms with Crippen LogP contribution < -0.4 is 4.74 Å². The highest BCUT2D eigenvalue weighted by Gasteiger charge is 2.51. The van der Waals surface area contributed by atoms with Crippen molar-refractivity contribution in [2.75, 3.05) is 13.2 Å². The highest BCUT2D eigenvalue weighted by atomic mass is 19.1. The molecule has 4 aromatic rings. The molecule has 2 aliphatic heterocycles. The number of carbonyl (C=O) groups is 1. The first kappa shape index (κ1) is 23.3. The van der Waals surface area contributed by atoms with Gasteiger partial charge in [-0.3, -0.25) is 4.79 Å². The fourth-order valence-corrected chi connectivity index (χ4v) is 5.62. The lowest BCUT2D eigenvalue weighted by Crippen LogP contribution is -2.32. The first-order valence-corrected chi connectivity index (χ1v) is 12.7. The SMILES string of the molecule is O=C(O)C1(c2ccc(-c3ccc(-c4c(F)cc5[nH]c(OC6CO[C@@H]7CCO[C@H]67)nc5c4F)cc3)cc2)CC1. The molecule has 9 heteroatoms. The Morgan fingerprint density at radius 2 is 1.71 bits per heavy atom. The minimum atomic E-state index is -0.796. The van der Waals surface area contributed by atoms with E-state index in [1.54, 1.807) is 24.3 Å². The summed E-state index contributed by atoms with van der Waals surface area (Å²) in [5.41, 5.74) is 2.17. The Labute approximate surface area is 216 Å². The third kappa shape index (κ3) is 3.68. The van der Waals surface area contributed by atoms with Crippen LogP contribution in [-0.4, -0.2) is 52.6 Å². The van der Waals surface area contributed by atoms with Crippen molar-refractivity contribution < 1.29 is 32.9 Å². The quantitative estimate of drug-likeness (QED) is 0.363. The lowest BCUT2D eigenvalue weighted by atomic mass is 9.93. The summed E-state index contributed by atoms with van der Waals surface area (Å²) in [7, 11) is 0. The number of fused-ring (bicyclic) bond motifs is 2. The first-order chi connectivity index (χ1) is 18.4. The van der Waals surface area contributed by atoms with Crippen LogP contribution in [0.1, 0.15) is 24.8 Å². The third-order valence-electron chi connectivity index (χ3n) is 7.93. The molecule has 2 N–H and O–H groups in total. The number of ether oxygens (including phenoxy) is 3. The Morgan fingerprint density at radius 1 is 1.03 bits per heavy atom. The first-order valence-electron chi connectivity index (χ1n) is 12.7. The maximum Gasteiger partial charge on any atom is 0.314 e. The fraction of sp³-hybridized carbons (Fsp3) is 0.310. The Bertz CT molecular complexity index is 1550. The van der Waals surface area contributed by atoms with Gasteiger partial charge in [0.2, 0.25) is 0 Å². The number of halogens is 2. The average Bonchev–Trinajstić information content (AvgIpc) is 3.22. The molecular weight excluding hydrogens is 494 g/mol. The minimum absolute atomic E-state index is 0.00805. The number of rotatable bonds is 6. The minimum Gasteiger partial charge on any atom is -0.481 e. The van der Waals surface area contributed by atoms with E-state index in [0.717, 1.165) is 23.1 Å². The molecule has 7 nitrogen and oxygen atoms in total. The molecule has 1 aromatic heterocycles. The van der Waals surface area contributed by atoms with Gasteiger partial charge in [0.15, 0.2) is 11.9 Å². The van der Waals surface area contributed by atoms with E-state index in [1.165, 1.54) is 6.07 Å². The van der Waals surface area contributed by atoms with Crippen molar-refractivity contribution in [2.24, 2.45) is 0 Å². The van der Waals surface area contributed by atoms with Crippen molar-refractivity contribution in [2.45, 2.75) is 43.0 Å². The highest BCUT2D eigenvalue weighted by Crippen LogP contribution is 2.48. The summed E-state index contributed by atoms with van der Waals surface area (Å²) in [6, 6.07) is 15.6. The van der Waals surface area contributed by atoms with Gasteiger partial charge in [0.05, 0.1) is 29.2 Å². The van der Waals surface area contributed by atoms with Gasteiger partial charge in [-0.2, -0.15) is 4.98 Å². The topological polar surface area (TPSA) is 93.7 Å². The van der Waals surface area contributed by atoms with Crippen molar-refractivity contribution >= 4 is 17.0 Å². The van der Waals surface area contributed by atoms with Gasteiger partial charge in [-0.1, -0.05) is 48.5 Å². The van der Waals surface area contributed by atoms with Gasteiger partial charge >= 0.3 is 5.97 Å². The van der Waals surface area contributed by atoms with E-state index in [4.69, 9.17) is 14.2 Å². The molecule has 3 heterocycles. The van der Waals surface area contributed by atoms with Crippen molar-refractivity contribution in [3.05, 3.63) is 71.8 Å². The van der Waals surface area contributed by atoms with Crippen molar-refractivity contribution in [3.8, 4) is 28.3 Å². The molecule has 194 valence electrons. The molecule has 0 bridgehead atoms. The largest absolute Gasteiger partial charge is 0.481 e. The number of nitrogens with zero attached hydrogens (tertiary/aromatic N) is 1. The number of nitrogens with one attached hydrogen (secondary N) is 1. The molecule has 1 saturated carbocycles. The predicted octanol–water partition coefficient (Wildman–Crippen LogP) is 5.23. The number of aromatic amines is 1. The number of carboxylic acid groups (broad SMARTS) is 1. The van der Waals surface area contributed by atoms with Gasteiger partial charge < -0.3 is 24.3 Å². The summed E-state index contributed by atoms with van der Waals surface area (Å²) < 4.78 is 47.9. The van der Waals surface area contributed by atoms with Gasteiger partial charge in [-0.15, -0.1) is 0 Å². The van der Waals surface area contributed by atoms with Crippen molar-refractivity contribution in [1.29, 1.82) is 0 Å². The zero-order chi connectivity index (χ0) is 26.0. The molecule has 7 rings (SSSR count). The van der Waals surface area contributed by atoms with Crippen molar-refractivity contribution in [1.82, 2.24) is 9.97 Å². The summed E-state index contributed by atoms with van der Waals surface area (Å²) in [6.45, 7) is 0.956. The van der Waals surface area contributed by atoms with E-state index in [1.807, 2.05) is 24.3 Å². The number of hydrogen-bond acceptors (Lipinski definition) is 5. The summed E-state index contributed by atoms with van der Waals surface area (Å²) >= 11 is 0. The van der Waals surface area contributed by atoms with E-state index in [2.05, 4.69) is 9.97 Å². The van der Waals surface area contributed by atoms with Crippen molar-refractivity contribution in [3.63, 3.8) is 0 Å². The summed E-state index contributed by atoms with van der Waals surface area (Å²) in [4.78, 5) is 18.7. The maximum atomic E-state index is 15.5. The average molecular weight is 519 g/mol. The lowest BCUT2D eigenvalue weighted by molar-refractivity contribution is -0.140. The summed E-state index contributed by atoms with van der Waals surface area (Å²) in [5.74, 6) is -2.28. The standard InChI is InChI=1S/C29H24F2N2O5/c30-19-13-20-25(33-28(32-20)38-22-14-37-21-9-12-36-26(21)22)24(31)23(19)17-3-1-15(2-4-17)16-5-7-18(8-6-16)29(10-11-29)27(34)35/h1-8,13,21-22,26H,9-12,14H2,(H,32,33)(H,34,35)/t21-,22?,26+/m1/s1. The fourth-order valence-electron chi connectivity index (χ4n) is 5.62. The second-order valence-corrected chi connectivity index (χ2v) is 10.2. The van der Waals surface area contributed by atoms with Crippen LogP contribution in [0.15, 0.2) is 54.6 Å². The molecule has 1 aliphatic carbocycles. The normalized spacial score (nSPS) is 23.5. The molecule has 0 amide bonds. The van der Waals surface area contributed by atoms with Crippen LogP contribution in [0.3, 0.4) is 0 Å². The molecule has 2 saturated heterocycles. The molecule has 3 fully saturated rings. The number of imidazole rings is 1. The third-order valence-corrected chi connectivity index (χ3v) is 7.93. The Hall–Kier alpha value is -3.82. The summed E-state index contributed by atoms with van der Waals surface area (Å²) in [5, 5.41) is 9.51. The molecule has 3 atom stereocenters. The zero-order valence-corrected chi connectivity index (χ0v) is 20.2. The van der Waals surface area contributed by atoms with Crippen LogP contribution in [0.25, 0.3) is 33.3 Å². The van der Waals surface area contributed by atoms with Gasteiger partial charge in [0.25, 0.3) is 6.01 Å². The van der Waals surface area contributed by atoms with Crippen LogP contribution in [0.2, 0.25) is 0 Å². The van der Waals surface area contributed by atoms with Crippen LogP contribution in [0.5, 0.6) is 6.01 Å². The van der Waals surface area contributed by atoms with Crippen LogP contribution >= 0.6 is 0 Å². The smallest absolute Gasteiger partial charge is 0.314 e. The predicted molar refractivity (Wildman–Crippen MR) is 134 cm³/mol. The van der Waals surface area contributed by atoms with Gasteiger partial charge in [-0.05, 0) is 41.5 Å². The van der Waals surface area contributed by atoms with E-state index < -0.39 is 23.0 Å². The van der Waals surface area contributed by atoms with Gasteiger partial charge in [0.1, 0.15) is 17.4 Å². The molecule has 38 heavy (non-hydrogen) atoms. The molecule has 3 aliphatic rings. The number of H-pyrrole nitrogens is 1. The van der Waals surface area contributed by atoms with E-state index in [9.17, 15) is 9.90 Å². The van der Waals surface area contributed by atoms with E-state index >= 15 is 8.78 Å². The monoisotopic (exact) mass is 518 g/mol. The second-order valence-electron chi connectivity index (χ2n) is 10.2. The summed E-state index contributed by atoms with van der Waals surface area (Å²) in [6.07, 6.45) is 1.53. The number of aliphatic carboxylic acids is 1. The molecule has 3 aromatic carbocycles. The van der Waals surface area contributed by atoms with Gasteiger partial charge in [0, 0.05) is 12.7 Å². The Kier molecular flexibility index (Phi) is 5.28. The molecule has 1 unspecified atom stereocenters. The Morgan fingerprint density at radius 3 is 2.39 bits per heavy atom. The molecule has 0 radical (unpaired) electrons. The highest BCUT2D eigenvalue weighted by molar-refractivity contribution is 5.86. The van der Waals surface area contributed by atoms with Crippen LogP contribution in [0, 0.1) is 11.6 Å². The maximum absolute atomic E-state index is 15.5. The van der Waals surface area contributed by atoms with Crippen LogP contribution in [-0.2, 0) is 19.7 Å². The van der Waals surface area contributed by atoms with E-state index in [-0.39, 0.29) is 40.9 Å². The zero-order valence-electron chi connectivity index (χ0n) is 20.2.